The van der Waals surface area contributed by atoms with Gasteiger partial charge in [0.2, 0.25) is 0 Å². The summed E-state index contributed by atoms with van der Waals surface area (Å²) in [5.74, 6) is 1.03. The van der Waals surface area contributed by atoms with E-state index < -0.39 is 47.6 Å². The lowest BCUT2D eigenvalue weighted by Crippen LogP contribution is -2.49. The van der Waals surface area contributed by atoms with Crippen molar-refractivity contribution in [3.8, 4) is 28.3 Å². The molecule has 11 atom stereocenters. The summed E-state index contributed by atoms with van der Waals surface area (Å²) < 4.78 is 142. The zero-order chi connectivity index (χ0) is 106. The highest BCUT2D eigenvalue weighted by atomic mass is 32.3. The fraction of sp³-hybridized carbons (Fsp3) is 0.333. The normalized spacial score (nSPS) is 20.9. The number of aryl methyl sites for hydroxylation is 2. The van der Waals surface area contributed by atoms with Crippen LogP contribution in [-0.2, 0) is 39.0 Å². The number of hydrogen-bond donors (Lipinski definition) is 4. The number of sulfonamides is 2. The molecule has 3 unspecified atom stereocenters. The average Bonchev–Trinajstić information content (AvgIpc) is 0.678. The van der Waals surface area contributed by atoms with Crippen LogP contribution in [0.1, 0.15) is 154 Å². The van der Waals surface area contributed by atoms with Gasteiger partial charge in [0.15, 0.2) is 11.4 Å². The SMILES string of the molecule is CC1CN(c2ccc(N3C[C@@H](C)O[C@@H](C)C3)cc2)C(=O)c2cccc(O)c21.Cc1cccc2c1C(C)CN(c1ccc(N3C[C@@H](C)O[C@@H](C)C3)cc1)C2=O.Cc1cn(-c2ccc(N3C[C@@H](C)O[C@@H](C)C3)cc2)c(=O)c2cccc(O)c12.O=S(=O)(N(c1ccccc1)S(=O)(=O)C(F)(F)F)C(F)(F)F.[C-]#[N+]c1ccc(-c2cccc3c2C(C)CN(c2ccc(N4C[C@@H](C)O[C@@H](C)C4)cc2)C3=O)cc1.[C-]#[N+]c1ccc(B(O)O)cc1.[HH]. The van der Waals surface area contributed by atoms with Crippen molar-refractivity contribution in [2.75, 3.05) is 110 Å². The van der Waals surface area contributed by atoms with E-state index in [9.17, 15) is 72.6 Å². The number of alkyl halides is 6. The molecule has 36 heteroatoms. The van der Waals surface area contributed by atoms with Crippen LogP contribution in [0.5, 0.6) is 11.5 Å². The van der Waals surface area contributed by atoms with Gasteiger partial charge in [0.25, 0.3) is 23.3 Å². The lowest BCUT2D eigenvalue weighted by atomic mass is 9.80. The largest absolute Gasteiger partial charge is 0.517 e. The van der Waals surface area contributed by atoms with Gasteiger partial charge >= 0.3 is 38.2 Å². The Morgan fingerprint density at radius 3 is 1.05 bits per heavy atom. The van der Waals surface area contributed by atoms with Crippen LogP contribution in [0.2, 0.25) is 0 Å². The second-order valence-corrected chi connectivity index (χ2v) is 41.9. The van der Waals surface area contributed by atoms with Crippen molar-refractivity contribution in [3.63, 3.8) is 0 Å². The molecule has 27 nitrogen and oxygen atoms in total. The summed E-state index contributed by atoms with van der Waals surface area (Å²) in [5.41, 5.74) is 5.23. The topological polar surface area (TPSA) is 294 Å². The van der Waals surface area contributed by atoms with Gasteiger partial charge in [-0.2, -0.15) is 43.2 Å². The number of amides is 3. The molecule has 3 amide bonds. The highest BCUT2D eigenvalue weighted by Gasteiger charge is 2.62. The highest BCUT2D eigenvalue weighted by molar-refractivity contribution is 8.11. The number of halogens is 6. The monoisotopic (exact) mass is 2050 g/mol. The molecule has 147 heavy (non-hydrogen) atoms. The Balaban J connectivity index is 0.000000151. The number of rotatable bonds is 13. The molecule has 0 radical (unpaired) electrons. The molecule has 4 saturated heterocycles. The standard InChI is InChI=1S/C29H29N3O2.C23H28N2O2.C22H26N2O3.C22H24N2O3.C8H5F6NO4S2.C7H6BNO2.H2/c1-19-16-32(25-14-12-24(13-15-25)31-17-20(2)34-21(3)18-31)29(33)27-7-5-6-26(28(19)27)22-8-10-23(30-4)11-9-22;1-15-6-5-7-21-22(15)16(2)12-25(23(21)26)20-10-8-19(9-11-20)24-13-17(3)27-18(4)14-24;2*1-14-11-24(22(26)19-5-4-6-20(25)21(14)19)18-9-7-17(8-10-18)23-12-15(2)27-16(3)13-23;9-7(10,11)20(16,17)15(6-4-2-1-3-5-6)21(18,19)8(12,13)14;1-9-7-4-2-6(3-5-7)8(10)11;/h5-15,19-21H,16-18H2,1-3H3;5-11,16-18H,12-14H2,1-4H3;4-10,14-16,25H,11-13H2,1-3H3;4-11,15-16,25H,12-13H2,1-3H3;1-5H;2-5,10-11H;1H/t19?,20-,21+;16?,17-,18+;14?,15-,16+;15-,16+;;;. The Bertz CT molecular complexity index is 6900. The summed E-state index contributed by atoms with van der Waals surface area (Å²) in [7, 11) is -15.1. The van der Waals surface area contributed by atoms with Gasteiger partial charge in [-0.15, -0.1) is 3.71 Å². The number of para-hydroxylation sites is 1. The van der Waals surface area contributed by atoms with E-state index in [4.69, 9.17) is 42.1 Å². The summed E-state index contributed by atoms with van der Waals surface area (Å²) in [6.45, 7) is 50.0. The first-order chi connectivity index (χ1) is 69.7. The van der Waals surface area contributed by atoms with Crippen LogP contribution in [0.3, 0.4) is 0 Å². The van der Waals surface area contributed by atoms with Crippen molar-refractivity contribution in [2.45, 2.75) is 168 Å². The Labute approximate surface area is 854 Å². The Morgan fingerprint density at radius 2 is 0.673 bits per heavy atom. The van der Waals surface area contributed by atoms with E-state index in [1.807, 2.05) is 96.4 Å². The zero-order valence-corrected chi connectivity index (χ0v) is 85.3. The minimum Gasteiger partial charge on any atom is -0.508 e. The predicted octanol–water partition coefficient (Wildman–Crippen LogP) is 20.4. The Morgan fingerprint density at radius 1 is 0.361 bits per heavy atom. The number of fused-ring (bicyclic) bond motifs is 4. The number of aromatic hydroxyl groups is 2. The number of anilines is 8. The maximum atomic E-state index is 13.6. The summed E-state index contributed by atoms with van der Waals surface area (Å²) in [6.07, 6.45) is 3.49. The van der Waals surface area contributed by atoms with Crippen LogP contribution in [-0.4, -0.2) is 198 Å². The molecule has 11 aromatic carbocycles. The second kappa shape index (κ2) is 45.9. The van der Waals surface area contributed by atoms with Gasteiger partial charge in [-0.05, 0) is 254 Å². The number of morpholine rings is 4. The first-order valence-corrected chi connectivity index (χ1v) is 51.3. The maximum absolute atomic E-state index is 13.6. The van der Waals surface area contributed by atoms with Crippen molar-refractivity contribution < 1.29 is 98.2 Å². The van der Waals surface area contributed by atoms with Gasteiger partial charge in [-0.3, -0.25) is 23.7 Å². The number of carbonyl (C=O) groups is 3. The van der Waals surface area contributed by atoms with Crippen molar-refractivity contribution in [1.29, 1.82) is 0 Å². The summed E-state index contributed by atoms with van der Waals surface area (Å²) >= 11 is 0. The van der Waals surface area contributed by atoms with Crippen LogP contribution in [0.25, 0.3) is 37.3 Å². The molecule has 4 N–H and O–H groups in total. The van der Waals surface area contributed by atoms with E-state index >= 15 is 0 Å². The van der Waals surface area contributed by atoms with E-state index in [2.05, 4.69) is 190 Å². The first kappa shape index (κ1) is 109. The fourth-order valence-electron chi connectivity index (χ4n) is 20.0. The van der Waals surface area contributed by atoms with E-state index in [1.54, 1.807) is 64.2 Å². The number of phenols is 2. The van der Waals surface area contributed by atoms with Crippen molar-refractivity contribution in [1.82, 2.24) is 4.57 Å². The van der Waals surface area contributed by atoms with E-state index in [0.29, 0.717) is 64.3 Å². The zero-order valence-electron chi connectivity index (χ0n) is 83.6. The summed E-state index contributed by atoms with van der Waals surface area (Å²) in [6, 6.07) is 72.8. The van der Waals surface area contributed by atoms with E-state index in [-0.39, 0.29) is 96.9 Å². The maximum Gasteiger partial charge on any atom is 0.517 e. The van der Waals surface area contributed by atoms with Crippen LogP contribution in [0.4, 0.5) is 83.2 Å². The van der Waals surface area contributed by atoms with Crippen LogP contribution in [0.15, 0.2) is 260 Å². The van der Waals surface area contributed by atoms with Crippen LogP contribution in [0, 0.1) is 27.0 Å². The molecule has 8 heterocycles. The van der Waals surface area contributed by atoms with Gasteiger partial charge in [-0.1, -0.05) is 124 Å². The third-order valence-electron chi connectivity index (χ3n) is 26.4. The minimum absolute atomic E-state index is 0. The quantitative estimate of drug-likeness (QED) is 0.0474. The van der Waals surface area contributed by atoms with Gasteiger partial charge in [-0.25, -0.2) is 9.69 Å². The average molecular weight is 2050 g/mol. The van der Waals surface area contributed by atoms with Crippen molar-refractivity contribution >= 4 is 118 Å². The number of carbonyl (C=O) groups excluding carboxylic acids is 3. The lowest BCUT2D eigenvalue weighted by molar-refractivity contribution is -0.0463. The number of hydrogen-bond acceptors (Lipinski definition) is 20. The third-order valence-corrected chi connectivity index (χ3v) is 30.0. The lowest BCUT2D eigenvalue weighted by Gasteiger charge is -2.37. The molecule has 12 aromatic rings. The van der Waals surface area contributed by atoms with Gasteiger partial charge in [0.05, 0.1) is 73.0 Å². The molecule has 0 bridgehead atoms. The molecule has 0 saturated carbocycles. The number of aromatic nitrogens is 1. The Kier molecular flexibility index (Phi) is 33.9. The molecule has 7 aliphatic heterocycles. The summed E-state index contributed by atoms with van der Waals surface area (Å²) in [4.78, 5) is 74.2. The van der Waals surface area contributed by atoms with Gasteiger partial charge < -0.3 is 73.5 Å². The number of ether oxygens (including phenoxy) is 4. The number of nitrogens with zero attached hydrogens (tertiary/aromatic N) is 11. The van der Waals surface area contributed by atoms with Gasteiger partial charge in [0, 0.05) is 171 Å². The molecule has 0 spiro atoms. The van der Waals surface area contributed by atoms with Crippen LogP contribution < -0.4 is 49.0 Å². The third kappa shape index (κ3) is 24.8. The highest BCUT2D eigenvalue weighted by Crippen LogP contribution is 2.44. The second-order valence-electron chi connectivity index (χ2n) is 38.1. The number of pyridine rings is 1. The van der Waals surface area contributed by atoms with Crippen molar-refractivity contribution in [2.24, 2.45) is 0 Å². The Hall–Kier alpha value is -14.1. The van der Waals surface area contributed by atoms with Gasteiger partial charge in [0.1, 0.15) is 11.5 Å². The van der Waals surface area contributed by atoms with E-state index in [1.165, 1.54) is 28.9 Å². The number of phenolic OH excluding ortho intramolecular Hbond substituents is 2. The van der Waals surface area contributed by atoms with Crippen molar-refractivity contribution in [3.05, 3.63) is 333 Å². The molecular weight excluding hydrogens is 1930 g/mol. The first-order valence-electron chi connectivity index (χ1n) is 48.4. The molecule has 772 valence electrons. The molecular formula is C111H120BF6N11O16S2. The minimum atomic E-state index is -6.81. The predicted molar refractivity (Wildman–Crippen MR) is 565 cm³/mol. The molecule has 4 fully saturated rings. The molecule has 19 rings (SSSR count). The molecule has 0 aliphatic carbocycles. The van der Waals surface area contributed by atoms with E-state index in [0.717, 1.165) is 156 Å². The summed E-state index contributed by atoms with van der Waals surface area (Å²) in [5, 5.41) is 38.7. The smallest absolute Gasteiger partial charge is 0.508 e. The van der Waals surface area contributed by atoms with Crippen LogP contribution >= 0.6 is 0 Å². The fourth-order valence-corrected chi connectivity index (χ4v) is 22.7. The molecule has 1 aromatic heterocycles. The number of benzene rings is 11. The molecule has 7 aliphatic rings.